The molecule has 0 aliphatic rings. The molecule has 1 aromatic heterocycles. The average Bonchev–Trinajstić information content (AvgIpc) is 2.53. The molecule has 25 heavy (non-hydrogen) atoms. The van der Waals surface area contributed by atoms with Crippen LogP contribution in [0.3, 0.4) is 0 Å². The molecule has 0 aliphatic heterocycles. The van der Waals surface area contributed by atoms with Gasteiger partial charge >= 0.3 is 0 Å². The van der Waals surface area contributed by atoms with Gasteiger partial charge in [-0.15, -0.1) is 0 Å². The number of rotatable bonds is 2. The average molecular weight is 340 g/mol. The summed E-state index contributed by atoms with van der Waals surface area (Å²) in [5.74, 6) is -1.12. The van der Waals surface area contributed by atoms with Crippen molar-refractivity contribution in [3.63, 3.8) is 0 Å². The van der Waals surface area contributed by atoms with Gasteiger partial charge in [-0.1, -0.05) is 0 Å². The smallest absolute Gasteiger partial charge is 0.235 e. The van der Waals surface area contributed by atoms with Gasteiger partial charge in [-0.05, 0) is 42.8 Å². The highest BCUT2D eigenvalue weighted by molar-refractivity contribution is 5.99. The predicted molar refractivity (Wildman–Crippen MR) is 94.7 cm³/mol. The van der Waals surface area contributed by atoms with Gasteiger partial charge in [0.2, 0.25) is 17.1 Å². The monoisotopic (exact) mass is 340 g/mol. The number of carbonyl (C=O) groups is 1. The summed E-state index contributed by atoms with van der Waals surface area (Å²) in [6, 6.07) is 7.41. The van der Waals surface area contributed by atoms with Gasteiger partial charge in [-0.25, -0.2) is 0 Å². The first-order valence-corrected chi connectivity index (χ1v) is 7.45. The van der Waals surface area contributed by atoms with Crippen LogP contribution in [0.2, 0.25) is 0 Å². The van der Waals surface area contributed by atoms with E-state index in [4.69, 9.17) is 10.2 Å². The van der Waals surface area contributed by atoms with E-state index in [1.807, 2.05) is 0 Å². The van der Waals surface area contributed by atoms with Crippen molar-refractivity contribution in [2.45, 2.75) is 13.8 Å². The molecule has 0 atom stereocenters. The number of phenolic OH excluding ortho intramolecular Hbond substituents is 1. The lowest BCUT2D eigenvalue weighted by Crippen LogP contribution is -2.09. The zero-order valence-electron chi connectivity index (χ0n) is 13.6. The van der Waals surface area contributed by atoms with Crippen LogP contribution in [0.25, 0.3) is 22.3 Å². The lowest BCUT2D eigenvalue weighted by Gasteiger charge is -2.11. The van der Waals surface area contributed by atoms with E-state index in [0.29, 0.717) is 11.3 Å². The predicted octanol–water partition coefficient (Wildman–Crippen LogP) is 2.72. The molecule has 3 aromatic rings. The third kappa shape index (κ3) is 2.87. The molecule has 2 aromatic carbocycles. The number of nitrogens with two attached hydrogens (primary N) is 1. The van der Waals surface area contributed by atoms with Crippen molar-refractivity contribution in [2.75, 3.05) is 11.1 Å². The fourth-order valence-corrected chi connectivity index (χ4v) is 2.61. The number of nitrogens with one attached hydrogen (secondary N) is 1. The van der Waals surface area contributed by atoms with Gasteiger partial charge in [0.1, 0.15) is 5.75 Å². The van der Waals surface area contributed by atoms with Crippen molar-refractivity contribution in [1.82, 2.24) is 0 Å². The molecule has 0 saturated carbocycles. The Balaban J connectivity index is 2.36. The number of phenols is 1. The highest BCUT2D eigenvalue weighted by atomic mass is 16.4. The Morgan fingerprint density at radius 3 is 2.56 bits per heavy atom. The Bertz CT molecular complexity index is 1070. The second-order valence-corrected chi connectivity index (χ2v) is 5.75. The summed E-state index contributed by atoms with van der Waals surface area (Å²) in [7, 11) is 0. The maximum atomic E-state index is 12.6. The minimum Gasteiger partial charge on any atom is -0.506 e. The highest BCUT2D eigenvalue weighted by Crippen LogP contribution is 2.35. The van der Waals surface area contributed by atoms with Crippen LogP contribution in [-0.2, 0) is 4.79 Å². The molecule has 0 fully saturated rings. The molecule has 0 unspecified atom stereocenters. The minimum absolute atomic E-state index is 0.0747. The molecule has 7 heteroatoms. The van der Waals surface area contributed by atoms with Crippen LogP contribution >= 0.6 is 0 Å². The Morgan fingerprint density at radius 1 is 1.20 bits per heavy atom. The summed E-state index contributed by atoms with van der Waals surface area (Å²) in [6.45, 7) is 3.10. The number of fused-ring (bicyclic) bond motifs is 1. The Morgan fingerprint density at radius 2 is 1.92 bits per heavy atom. The third-order valence-corrected chi connectivity index (χ3v) is 3.71. The highest BCUT2D eigenvalue weighted by Gasteiger charge is 2.19. The van der Waals surface area contributed by atoms with E-state index in [-0.39, 0.29) is 34.1 Å². The summed E-state index contributed by atoms with van der Waals surface area (Å²) in [4.78, 5) is 24.0. The number of hydrogen-bond donors (Lipinski definition) is 4. The van der Waals surface area contributed by atoms with Crippen LogP contribution in [0.5, 0.6) is 11.5 Å². The number of amides is 1. The van der Waals surface area contributed by atoms with E-state index >= 15 is 0 Å². The van der Waals surface area contributed by atoms with Crippen molar-refractivity contribution < 1.29 is 19.4 Å². The van der Waals surface area contributed by atoms with Gasteiger partial charge in [-0.3, -0.25) is 9.59 Å². The standard InChI is InChI=1S/C18H16N2O5/c1-8-5-11-15(23)16(24)17(10-3-4-14(22)12(19)7-10)25-18(11)13(6-8)20-9(2)21/h3-7,22,24H,19H2,1-2H3,(H,20,21). The van der Waals surface area contributed by atoms with Crippen LogP contribution in [-0.4, -0.2) is 16.1 Å². The number of anilines is 2. The molecule has 0 radical (unpaired) electrons. The van der Waals surface area contributed by atoms with Crippen LogP contribution in [0.1, 0.15) is 12.5 Å². The Hall–Kier alpha value is -3.48. The molecule has 1 heterocycles. The van der Waals surface area contributed by atoms with Gasteiger partial charge in [0, 0.05) is 12.5 Å². The molecule has 0 aliphatic carbocycles. The lowest BCUT2D eigenvalue weighted by molar-refractivity contribution is -0.114. The van der Waals surface area contributed by atoms with Crippen LogP contribution in [0.4, 0.5) is 11.4 Å². The Labute approximate surface area is 142 Å². The fraction of sp³-hybridized carbons (Fsp3) is 0.111. The molecule has 7 nitrogen and oxygen atoms in total. The van der Waals surface area contributed by atoms with Gasteiger partial charge in [0.25, 0.3) is 0 Å². The maximum Gasteiger partial charge on any atom is 0.235 e. The van der Waals surface area contributed by atoms with Crippen LogP contribution in [0, 0.1) is 6.92 Å². The normalized spacial score (nSPS) is 10.8. The third-order valence-electron chi connectivity index (χ3n) is 3.71. The number of carbonyl (C=O) groups excluding carboxylic acids is 1. The first-order valence-electron chi connectivity index (χ1n) is 7.45. The van der Waals surface area contributed by atoms with E-state index in [9.17, 15) is 19.8 Å². The summed E-state index contributed by atoms with van der Waals surface area (Å²) in [6.07, 6.45) is 0. The summed E-state index contributed by atoms with van der Waals surface area (Å²) in [5.41, 5.74) is 6.63. The summed E-state index contributed by atoms with van der Waals surface area (Å²) >= 11 is 0. The number of nitrogen functional groups attached to an aromatic ring is 1. The molecule has 0 saturated heterocycles. The second kappa shape index (κ2) is 5.86. The molecule has 0 spiro atoms. The fourth-order valence-electron chi connectivity index (χ4n) is 2.61. The molecule has 128 valence electrons. The van der Waals surface area contributed by atoms with Gasteiger partial charge < -0.3 is 25.7 Å². The number of benzene rings is 2. The summed E-state index contributed by atoms with van der Waals surface area (Å²) in [5, 5.41) is 22.6. The zero-order chi connectivity index (χ0) is 18.3. The lowest BCUT2D eigenvalue weighted by atomic mass is 10.1. The van der Waals surface area contributed by atoms with E-state index in [2.05, 4.69) is 5.32 Å². The first-order chi connectivity index (χ1) is 11.8. The second-order valence-electron chi connectivity index (χ2n) is 5.75. The number of aryl methyl sites for hydroxylation is 1. The van der Waals surface area contributed by atoms with E-state index < -0.39 is 11.2 Å². The van der Waals surface area contributed by atoms with Crippen LogP contribution in [0.15, 0.2) is 39.5 Å². The van der Waals surface area contributed by atoms with E-state index in [1.54, 1.807) is 19.1 Å². The largest absolute Gasteiger partial charge is 0.506 e. The molecule has 0 bridgehead atoms. The van der Waals surface area contributed by atoms with Crippen molar-refractivity contribution in [1.29, 1.82) is 0 Å². The quantitative estimate of drug-likeness (QED) is 0.420. The maximum absolute atomic E-state index is 12.6. The van der Waals surface area contributed by atoms with Gasteiger partial charge in [-0.2, -0.15) is 0 Å². The minimum atomic E-state index is -0.627. The van der Waals surface area contributed by atoms with E-state index in [0.717, 1.165) is 5.56 Å². The number of hydrogen-bond acceptors (Lipinski definition) is 6. The number of aromatic hydroxyl groups is 2. The first kappa shape index (κ1) is 16.4. The van der Waals surface area contributed by atoms with Crippen LogP contribution < -0.4 is 16.5 Å². The van der Waals surface area contributed by atoms with E-state index in [1.165, 1.54) is 25.1 Å². The molecule has 1 amide bonds. The molecular formula is C18H16N2O5. The topological polar surface area (TPSA) is 126 Å². The van der Waals surface area contributed by atoms with Gasteiger partial charge in [0.05, 0.1) is 16.8 Å². The van der Waals surface area contributed by atoms with Crippen molar-refractivity contribution in [3.8, 4) is 22.8 Å². The summed E-state index contributed by atoms with van der Waals surface area (Å²) < 4.78 is 5.74. The molecule has 5 N–H and O–H groups in total. The van der Waals surface area contributed by atoms with Crippen molar-refractivity contribution >= 4 is 28.3 Å². The molecule has 3 rings (SSSR count). The van der Waals surface area contributed by atoms with Crippen molar-refractivity contribution in [2.24, 2.45) is 0 Å². The molecular weight excluding hydrogens is 324 g/mol. The Kier molecular flexibility index (Phi) is 3.84. The van der Waals surface area contributed by atoms with Gasteiger partial charge in [0.15, 0.2) is 11.3 Å². The zero-order valence-corrected chi connectivity index (χ0v) is 13.6. The SMILES string of the molecule is CC(=O)Nc1cc(C)cc2c(=O)c(O)c(-c3ccc(O)c(N)c3)oc12. The van der Waals surface area contributed by atoms with Crippen molar-refractivity contribution in [3.05, 3.63) is 46.1 Å².